The number of nitrogens with one attached hydrogen (secondary N) is 1. The molecule has 0 bridgehead atoms. The van der Waals surface area contributed by atoms with Crippen LogP contribution in [0.5, 0.6) is 5.75 Å². The number of aliphatic hydroxyl groups is 1. The van der Waals surface area contributed by atoms with Gasteiger partial charge in [0.1, 0.15) is 17.3 Å². The number of carbonyl (C=O) groups excluding carboxylic acids is 2. The van der Waals surface area contributed by atoms with Crippen LogP contribution in [0.25, 0.3) is 16.7 Å². The molecule has 1 amide bonds. The number of Topliss-reactive ketones (excluding diaryl/α,β-unsaturated/α-hetero) is 1. The zero-order chi connectivity index (χ0) is 27.9. The van der Waals surface area contributed by atoms with E-state index in [1.54, 1.807) is 7.11 Å². The van der Waals surface area contributed by atoms with E-state index >= 15 is 0 Å². The number of aromatic nitrogens is 1. The number of methoxy groups -OCH3 is 1. The molecule has 1 aromatic heterocycles. The molecular formula is C32H31FN2O4. The average molecular weight is 527 g/mol. The molecule has 0 unspecified atom stereocenters. The Balaban J connectivity index is 1.56. The van der Waals surface area contributed by atoms with Gasteiger partial charge in [-0.05, 0) is 71.0 Å². The largest absolute Gasteiger partial charge is 0.507 e. The van der Waals surface area contributed by atoms with Crippen molar-refractivity contribution in [1.82, 2.24) is 9.88 Å². The topological polar surface area (TPSA) is 82.6 Å². The summed E-state index contributed by atoms with van der Waals surface area (Å²) in [6, 6.07) is 18.0. The minimum absolute atomic E-state index is 0.00397. The summed E-state index contributed by atoms with van der Waals surface area (Å²) in [5.74, 6) is -1.50. The van der Waals surface area contributed by atoms with Crippen molar-refractivity contribution in [2.45, 2.75) is 38.6 Å². The lowest BCUT2D eigenvalue weighted by Gasteiger charge is -2.26. The zero-order valence-corrected chi connectivity index (χ0v) is 22.4. The normalized spacial score (nSPS) is 17.3. The van der Waals surface area contributed by atoms with E-state index in [0.29, 0.717) is 12.0 Å². The lowest BCUT2D eigenvalue weighted by atomic mass is 9.85. The summed E-state index contributed by atoms with van der Waals surface area (Å²) in [5.41, 5.74) is 3.93. The van der Waals surface area contributed by atoms with Gasteiger partial charge in [-0.15, -0.1) is 0 Å². The van der Waals surface area contributed by atoms with E-state index in [9.17, 15) is 19.1 Å². The fourth-order valence-electron chi connectivity index (χ4n) is 5.12. The first-order valence-electron chi connectivity index (χ1n) is 12.9. The molecule has 2 N–H and O–H groups in total. The third kappa shape index (κ3) is 4.92. The summed E-state index contributed by atoms with van der Waals surface area (Å²) in [6.45, 7) is 6.58. The van der Waals surface area contributed by atoms with Crippen LogP contribution in [0.4, 0.5) is 4.39 Å². The van der Waals surface area contributed by atoms with Crippen molar-refractivity contribution in [3.05, 3.63) is 107 Å². The number of aliphatic hydroxyl groups excluding tert-OH is 1. The molecule has 0 spiro atoms. The van der Waals surface area contributed by atoms with Crippen LogP contribution >= 0.6 is 0 Å². The summed E-state index contributed by atoms with van der Waals surface area (Å²) in [4.78, 5) is 31.5. The van der Waals surface area contributed by atoms with Crippen LogP contribution in [0.2, 0.25) is 0 Å². The minimum Gasteiger partial charge on any atom is -0.507 e. The number of H-pyrrole nitrogens is 1. The molecule has 1 saturated heterocycles. The van der Waals surface area contributed by atoms with Gasteiger partial charge < -0.3 is 19.7 Å². The van der Waals surface area contributed by atoms with Gasteiger partial charge in [0.25, 0.3) is 11.7 Å². The Morgan fingerprint density at radius 1 is 1.03 bits per heavy atom. The second-order valence-electron chi connectivity index (χ2n) is 10.8. The maximum atomic E-state index is 13.6. The van der Waals surface area contributed by atoms with Gasteiger partial charge in [0.15, 0.2) is 0 Å². The number of ketones is 1. The van der Waals surface area contributed by atoms with Crippen molar-refractivity contribution in [3.8, 4) is 5.75 Å². The first kappa shape index (κ1) is 26.2. The molecule has 1 aliphatic heterocycles. The van der Waals surface area contributed by atoms with E-state index in [4.69, 9.17) is 4.74 Å². The van der Waals surface area contributed by atoms with Crippen LogP contribution in [0.3, 0.4) is 0 Å². The third-order valence-corrected chi connectivity index (χ3v) is 7.35. The van der Waals surface area contributed by atoms with E-state index < -0.39 is 23.5 Å². The van der Waals surface area contributed by atoms with Crippen LogP contribution < -0.4 is 4.74 Å². The SMILES string of the molecule is COc1ccc2[nH]cc(CCN3C(=O)C(=O)C(=C(O)c4ccc(F)cc4)[C@@H]3c3ccc(C(C)(C)C)cc3)c2c1. The van der Waals surface area contributed by atoms with Crippen molar-refractivity contribution in [2.75, 3.05) is 13.7 Å². The fourth-order valence-corrected chi connectivity index (χ4v) is 5.12. The van der Waals surface area contributed by atoms with Gasteiger partial charge in [0, 0.05) is 29.2 Å². The molecule has 1 aliphatic rings. The van der Waals surface area contributed by atoms with Gasteiger partial charge in [0.2, 0.25) is 0 Å². The maximum absolute atomic E-state index is 13.6. The Bertz CT molecular complexity index is 1580. The molecule has 6 nitrogen and oxygen atoms in total. The molecule has 4 aromatic rings. The molecular weight excluding hydrogens is 495 g/mol. The molecule has 39 heavy (non-hydrogen) atoms. The fraction of sp³-hybridized carbons (Fsp3) is 0.250. The van der Waals surface area contributed by atoms with Crippen molar-refractivity contribution in [3.63, 3.8) is 0 Å². The highest BCUT2D eigenvalue weighted by molar-refractivity contribution is 6.46. The Morgan fingerprint density at radius 2 is 1.72 bits per heavy atom. The number of nitrogens with zero attached hydrogens (tertiary/aromatic N) is 1. The minimum atomic E-state index is -0.788. The standard InChI is InChI=1S/C32H31FN2O4/c1-32(2,3)22-9-5-19(6-10-22)28-27(29(36)20-7-11-23(33)12-8-20)30(37)31(38)35(28)16-15-21-18-34-26-14-13-24(39-4)17-25(21)26/h5-14,17-18,28,34,36H,15-16H2,1-4H3/t28-/m0/s1. The molecule has 5 rings (SSSR count). The van der Waals surface area contributed by atoms with E-state index in [1.807, 2.05) is 48.7 Å². The van der Waals surface area contributed by atoms with Crippen LogP contribution in [-0.4, -0.2) is 40.3 Å². The molecule has 0 radical (unpaired) electrons. The molecule has 2 heterocycles. The van der Waals surface area contributed by atoms with Crippen molar-refractivity contribution >= 4 is 28.4 Å². The third-order valence-electron chi connectivity index (χ3n) is 7.35. The van der Waals surface area contributed by atoms with Crippen molar-refractivity contribution in [2.24, 2.45) is 0 Å². The van der Waals surface area contributed by atoms with Crippen molar-refractivity contribution < 1.29 is 23.8 Å². The predicted molar refractivity (Wildman–Crippen MR) is 149 cm³/mol. The van der Waals surface area contributed by atoms with Gasteiger partial charge in [0.05, 0.1) is 18.7 Å². The van der Waals surface area contributed by atoms with E-state index in [0.717, 1.165) is 27.8 Å². The van der Waals surface area contributed by atoms with Gasteiger partial charge in [-0.3, -0.25) is 9.59 Å². The average Bonchev–Trinajstić information content (AvgIpc) is 3.44. The predicted octanol–water partition coefficient (Wildman–Crippen LogP) is 6.28. The number of ether oxygens (including phenoxy) is 1. The number of carbonyl (C=O) groups is 2. The lowest BCUT2D eigenvalue weighted by Crippen LogP contribution is -2.31. The maximum Gasteiger partial charge on any atom is 0.295 e. The molecule has 7 heteroatoms. The number of amides is 1. The number of hydrogen-bond acceptors (Lipinski definition) is 4. The number of halogens is 1. The highest BCUT2D eigenvalue weighted by Gasteiger charge is 2.46. The zero-order valence-electron chi connectivity index (χ0n) is 22.4. The number of fused-ring (bicyclic) bond motifs is 1. The molecule has 3 aromatic carbocycles. The number of benzene rings is 3. The van der Waals surface area contributed by atoms with Gasteiger partial charge in [-0.25, -0.2) is 4.39 Å². The van der Waals surface area contributed by atoms with Gasteiger partial charge in [-0.1, -0.05) is 45.0 Å². The summed E-state index contributed by atoms with van der Waals surface area (Å²) in [5, 5.41) is 12.2. The summed E-state index contributed by atoms with van der Waals surface area (Å²) >= 11 is 0. The number of hydrogen-bond donors (Lipinski definition) is 2. The molecule has 1 fully saturated rings. The number of aromatic amines is 1. The molecule has 200 valence electrons. The number of likely N-dealkylation sites (tertiary alicyclic amines) is 1. The smallest absolute Gasteiger partial charge is 0.295 e. The summed E-state index contributed by atoms with van der Waals surface area (Å²) < 4.78 is 18.9. The Kier molecular flexibility index (Phi) is 6.76. The summed E-state index contributed by atoms with van der Waals surface area (Å²) in [7, 11) is 1.61. The van der Waals surface area contributed by atoms with E-state index in [-0.39, 0.29) is 28.9 Å². The van der Waals surface area contributed by atoms with Crippen LogP contribution in [0.15, 0.2) is 78.5 Å². The van der Waals surface area contributed by atoms with Gasteiger partial charge in [-0.2, -0.15) is 0 Å². The van der Waals surface area contributed by atoms with Crippen LogP contribution in [-0.2, 0) is 21.4 Å². The Hall–Kier alpha value is -4.39. The second-order valence-corrected chi connectivity index (χ2v) is 10.8. The lowest BCUT2D eigenvalue weighted by molar-refractivity contribution is -0.139. The highest BCUT2D eigenvalue weighted by Crippen LogP contribution is 2.40. The first-order valence-corrected chi connectivity index (χ1v) is 12.9. The molecule has 1 atom stereocenters. The van der Waals surface area contributed by atoms with Crippen molar-refractivity contribution in [1.29, 1.82) is 0 Å². The van der Waals surface area contributed by atoms with Gasteiger partial charge >= 0.3 is 0 Å². The van der Waals surface area contributed by atoms with Crippen LogP contribution in [0, 0.1) is 5.82 Å². The molecule has 0 saturated carbocycles. The van der Waals surface area contributed by atoms with E-state index in [2.05, 4.69) is 25.8 Å². The summed E-state index contributed by atoms with van der Waals surface area (Å²) in [6.07, 6.45) is 2.37. The monoisotopic (exact) mass is 526 g/mol. The Morgan fingerprint density at radius 3 is 2.36 bits per heavy atom. The quantitative estimate of drug-likeness (QED) is 0.176. The highest BCUT2D eigenvalue weighted by atomic mass is 19.1. The second kappa shape index (κ2) is 10.1. The Labute approximate surface area is 226 Å². The van der Waals surface area contributed by atoms with E-state index in [1.165, 1.54) is 29.2 Å². The van der Waals surface area contributed by atoms with Crippen LogP contribution in [0.1, 0.15) is 49.1 Å². The first-order chi connectivity index (χ1) is 18.6. The number of rotatable bonds is 6. The molecule has 0 aliphatic carbocycles.